The molecule has 2 heterocycles. The minimum absolute atomic E-state index is 0.161. The number of amides is 1. The second-order valence-corrected chi connectivity index (χ2v) is 10.8. The third kappa shape index (κ3) is 6.39. The molecule has 0 N–H and O–H groups in total. The van der Waals surface area contributed by atoms with Crippen LogP contribution in [0.4, 0.5) is 4.39 Å². The summed E-state index contributed by atoms with van der Waals surface area (Å²) in [5.41, 5.74) is 5.52. The molecule has 3 aromatic carbocycles. The number of halogens is 1. The second kappa shape index (κ2) is 12.6. The number of imidazole rings is 1. The maximum atomic E-state index is 14.3. The van der Waals surface area contributed by atoms with E-state index < -0.39 is 0 Å². The highest BCUT2D eigenvalue weighted by Gasteiger charge is 2.21. The van der Waals surface area contributed by atoms with Gasteiger partial charge < -0.3 is 9.47 Å². The van der Waals surface area contributed by atoms with E-state index in [-0.39, 0.29) is 11.7 Å². The van der Waals surface area contributed by atoms with Crippen LogP contribution < -0.4 is 0 Å². The number of carbonyl (C=O) groups is 1. The van der Waals surface area contributed by atoms with Gasteiger partial charge in [0.1, 0.15) is 11.6 Å². The fraction of sp³-hybridized carbons (Fsp3) is 0.394. The number of fused-ring (bicyclic) bond motifs is 1. The maximum Gasteiger partial charge on any atom is 0.254 e. The molecular formula is C33H39FN4O. The number of piperidine rings is 1. The molecule has 0 spiro atoms. The lowest BCUT2D eigenvalue weighted by Gasteiger charge is -2.27. The Bertz CT molecular complexity index is 1420. The Morgan fingerprint density at radius 3 is 2.41 bits per heavy atom. The van der Waals surface area contributed by atoms with Crippen molar-refractivity contribution in [1.29, 1.82) is 0 Å². The number of carbonyl (C=O) groups excluding carboxylic acids is 1. The lowest BCUT2D eigenvalue weighted by molar-refractivity contribution is 0.0734. The zero-order valence-electron chi connectivity index (χ0n) is 23.2. The summed E-state index contributed by atoms with van der Waals surface area (Å²) >= 11 is 0. The van der Waals surface area contributed by atoms with E-state index in [1.165, 1.54) is 36.5 Å². The highest BCUT2D eigenvalue weighted by Crippen LogP contribution is 2.23. The Kier molecular flexibility index (Phi) is 8.72. The first kappa shape index (κ1) is 27.1. The Morgan fingerprint density at radius 2 is 1.67 bits per heavy atom. The molecule has 1 fully saturated rings. The van der Waals surface area contributed by atoms with Gasteiger partial charge in [0.15, 0.2) is 0 Å². The van der Waals surface area contributed by atoms with Crippen LogP contribution in [0.15, 0.2) is 66.7 Å². The van der Waals surface area contributed by atoms with Crippen LogP contribution in [0.2, 0.25) is 0 Å². The van der Waals surface area contributed by atoms with E-state index in [0.717, 1.165) is 49.3 Å². The summed E-state index contributed by atoms with van der Waals surface area (Å²) in [5.74, 6) is 0.335. The highest BCUT2D eigenvalue weighted by atomic mass is 19.1. The van der Waals surface area contributed by atoms with Crippen molar-refractivity contribution in [1.82, 2.24) is 19.4 Å². The molecule has 0 atom stereocenters. The van der Waals surface area contributed by atoms with Gasteiger partial charge in [0.05, 0.1) is 17.6 Å². The van der Waals surface area contributed by atoms with Crippen LogP contribution in [-0.4, -0.2) is 44.9 Å². The Balaban J connectivity index is 1.47. The van der Waals surface area contributed by atoms with Crippen molar-refractivity contribution in [2.24, 2.45) is 0 Å². The molecule has 1 aromatic heterocycles. The summed E-state index contributed by atoms with van der Waals surface area (Å²) in [4.78, 5) is 23.0. The first-order valence-electron chi connectivity index (χ1n) is 14.3. The van der Waals surface area contributed by atoms with E-state index in [4.69, 9.17) is 4.98 Å². The van der Waals surface area contributed by atoms with Gasteiger partial charge in [-0.3, -0.25) is 9.69 Å². The minimum atomic E-state index is -0.353. The topological polar surface area (TPSA) is 41.4 Å². The Labute approximate surface area is 231 Å². The molecule has 1 aliphatic rings. The zero-order chi connectivity index (χ0) is 27.2. The summed E-state index contributed by atoms with van der Waals surface area (Å²) in [6.07, 6.45) is 5.70. The smallest absolute Gasteiger partial charge is 0.254 e. The first-order chi connectivity index (χ1) is 19.0. The molecule has 0 aliphatic carbocycles. The standard InChI is InChI=1S/C33H39FN4O/c1-3-4-20-37(33(39)26-17-16-25(2)29(34)21-26)24-32-35-30-14-8-9-15-31(30)38(32)23-28-13-7-6-12-27(28)22-36-18-10-5-11-19-36/h6-9,12-17,21H,3-5,10-11,18-20,22-24H2,1-2H3. The van der Waals surface area contributed by atoms with Gasteiger partial charge in [-0.15, -0.1) is 0 Å². The Morgan fingerprint density at radius 1 is 0.949 bits per heavy atom. The van der Waals surface area contributed by atoms with Gasteiger partial charge in [-0.05, 0) is 80.2 Å². The van der Waals surface area contributed by atoms with Crippen molar-refractivity contribution in [2.45, 2.75) is 65.6 Å². The van der Waals surface area contributed by atoms with E-state index >= 15 is 0 Å². The molecule has 0 bridgehead atoms. The number of rotatable bonds is 10. The van der Waals surface area contributed by atoms with Crippen LogP contribution in [0.5, 0.6) is 0 Å². The number of nitrogens with zero attached hydrogens (tertiary/aromatic N) is 4. The number of unbranched alkanes of at least 4 members (excludes halogenated alkanes) is 1. The van der Waals surface area contributed by atoms with E-state index in [1.807, 2.05) is 23.1 Å². The molecule has 39 heavy (non-hydrogen) atoms. The van der Waals surface area contributed by atoms with Crippen molar-refractivity contribution in [3.63, 3.8) is 0 Å². The number of aromatic nitrogens is 2. The number of para-hydroxylation sites is 2. The van der Waals surface area contributed by atoms with Gasteiger partial charge in [0.2, 0.25) is 0 Å². The van der Waals surface area contributed by atoms with Crippen molar-refractivity contribution in [3.05, 3.63) is 101 Å². The minimum Gasteiger partial charge on any atom is -0.331 e. The predicted molar refractivity (Wildman–Crippen MR) is 155 cm³/mol. The van der Waals surface area contributed by atoms with E-state index in [0.29, 0.717) is 30.8 Å². The quantitative estimate of drug-likeness (QED) is 0.224. The van der Waals surface area contributed by atoms with Gasteiger partial charge in [-0.1, -0.05) is 62.2 Å². The molecule has 6 heteroatoms. The van der Waals surface area contributed by atoms with Crippen LogP contribution in [0.25, 0.3) is 11.0 Å². The fourth-order valence-electron chi connectivity index (χ4n) is 5.50. The number of hydrogen-bond donors (Lipinski definition) is 0. The third-order valence-electron chi connectivity index (χ3n) is 7.84. The summed E-state index contributed by atoms with van der Waals surface area (Å²) in [7, 11) is 0. The van der Waals surface area contributed by atoms with E-state index in [9.17, 15) is 9.18 Å². The molecule has 1 amide bonds. The lowest BCUT2D eigenvalue weighted by atomic mass is 10.0. The van der Waals surface area contributed by atoms with Crippen LogP contribution >= 0.6 is 0 Å². The number of likely N-dealkylation sites (tertiary alicyclic amines) is 1. The van der Waals surface area contributed by atoms with Crippen molar-refractivity contribution < 1.29 is 9.18 Å². The summed E-state index contributed by atoms with van der Waals surface area (Å²) in [6, 6.07) is 21.6. The molecule has 204 valence electrons. The van der Waals surface area contributed by atoms with Gasteiger partial charge in [-0.2, -0.15) is 0 Å². The average Bonchev–Trinajstić information content (AvgIpc) is 3.30. The first-order valence-corrected chi connectivity index (χ1v) is 14.3. The van der Waals surface area contributed by atoms with Crippen LogP contribution in [0.1, 0.15) is 71.9 Å². The van der Waals surface area contributed by atoms with E-state index in [2.05, 4.69) is 46.7 Å². The average molecular weight is 527 g/mol. The molecule has 4 aromatic rings. The van der Waals surface area contributed by atoms with Crippen LogP contribution in [-0.2, 0) is 19.6 Å². The monoisotopic (exact) mass is 526 g/mol. The summed E-state index contributed by atoms with van der Waals surface area (Å²) in [6.45, 7) is 8.75. The van der Waals surface area contributed by atoms with Crippen LogP contribution in [0.3, 0.4) is 0 Å². The van der Waals surface area contributed by atoms with Gasteiger partial charge in [-0.25, -0.2) is 9.37 Å². The molecular weight excluding hydrogens is 487 g/mol. The van der Waals surface area contributed by atoms with Gasteiger partial charge in [0, 0.05) is 25.2 Å². The summed E-state index contributed by atoms with van der Waals surface area (Å²) < 4.78 is 16.6. The second-order valence-electron chi connectivity index (χ2n) is 10.8. The normalized spacial score (nSPS) is 14.1. The molecule has 0 unspecified atom stereocenters. The summed E-state index contributed by atoms with van der Waals surface area (Å²) in [5, 5.41) is 0. The molecule has 0 saturated carbocycles. The maximum absolute atomic E-state index is 14.3. The van der Waals surface area contributed by atoms with Gasteiger partial charge in [0.25, 0.3) is 5.91 Å². The van der Waals surface area contributed by atoms with Gasteiger partial charge >= 0.3 is 0 Å². The SMILES string of the molecule is CCCCN(Cc1nc2ccccc2n1Cc1ccccc1CN1CCCCC1)C(=O)c1ccc(C)c(F)c1. The van der Waals surface area contributed by atoms with Crippen molar-refractivity contribution in [2.75, 3.05) is 19.6 Å². The molecule has 5 nitrogen and oxygen atoms in total. The number of hydrogen-bond acceptors (Lipinski definition) is 3. The van der Waals surface area contributed by atoms with E-state index in [1.54, 1.807) is 19.1 Å². The Hall–Kier alpha value is -3.51. The largest absolute Gasteiger partial charge is 0.331 e. The third-order valence-corrected chi connectivity index (χ3v) is 7.84. The van der Waals surface area contributed by atoms with Crippen LogP contribution in [0, 0.1) is 12.7 Å². The molecule has 1 saturated heterocycles. The zero-order valence-corrected chi connectivity index (χ0v) is 23.2. The predicted octanol–water partition coefficient (Wildman–Crippen LogP) is 6.96. The molecule has 5 rings (SSSR count). The highest BCUT2D eigenvalue weighted by molar-refractivity contribution is 5.94. The number of benzene rings is 3. The fourth-order valence-corrected chi connectivity index (χ4v) is 5.50. The number of aryl methyl sites for hydroxylation is 1. The molecule has 1 aliphatic heterocycles. The van der Waals surface area contributed by atoms with Crippen molar-refractivity contribution >= 4 is 16.9 Å². The lowest BCUT2D eigenvalue weighted by Crippen LogP contribution is -2.33. The molecule has 0 radical (unpaired) electrons. The van der Waals surface area contributed by atoms with Crippen molar-refractivity contribution in [3.8, 4) is 0 Å².